The number of nitrogens with zero attached hydrogens (tertiary/aromatic N) is 5. The third-order valence-electron chi connectivity index (χ3n) is 9.70. The monoisotopic (exact) mass is 641 g/mol. The Hall–Kier alpha value is -3.87. The van der Waals surface area contributed by atoms with Crippen LogP contribution in [0.4, 0.5) is 24.9 Å². The van der Waals surface area contributed by atoms with E-state index in [1.165, 1.54) is 23.2 Å². The second-order valence-electron chi connectivity index (χ2n) is 12.9. The van der Waals surface area contributed by atoms with Gasteiger partial charge in [-0.1, -0.05) is 31.4 Å². The summed E-state index contributed by atoms with van der Waals surface area (Å²) in [6, 6.07) is 8.00. The maximum absolute atomic E-state index is 14.8. The van der Waals surface area contributed by atoms with E-state index in [1.807, 2.05) is 11.0 Å². The smallest absolute Gasteiger partial charge is 0.429 e. The minimum absolute atomic E-state index is 0.0568. The molecular weight excluding hydrogens is 599 g/mol. The zero-order chi connectivity index (χ0) is 32.5. The fourth-order valence-electron chi connectivity index (χ4n) is 7.22. The van der Waals surface area contributed by atoms with Crippen LogP contribution < -0.4 is 20.7 Å². The fourth-order valence-corrected chi connectivity index (χ4v) is 7.22. The lowest BCUT2D eigenvalue weighted by Gasteiger charge is -2.39. The number of rotatable bonds is 8. The van der Waals surface area contributed by atoms with Gasteiger partial charge in [0.15, 0.2) is 0 Å². The van der Waals surface area contributed by atoms with Crippen LogP contribution in [0.15, 0.2) is 36.5 Å². The van der Waals surface area contributed by atoms with E-state index in [0.29, 0.717) is 55.8 Å². The third kappa shape index (κ3) is 6.93. The summed E-state index contributed by atoms with van der Waals surface area (Å²) < 4.78 is 56.9. The van der Waals surface area contributed by atoms with Crippen LogP contribution in [0.25, 0.3) is 5.69 Å². The van der Waals surface area contributed by atoms with Crippen LogP contribution in [0, 0.1) is 12.3 Å². The Labute approximate surface area is 266 Å². The average molecular weight is 642 g/mol. The van der Waals surface area contributed by atoms with Gasteiger partial charge >= 0.3 is 12.1 Å². The minimum Gasteiger partial charge on any atom is -0.465 e. The number of nitrogens with one attached hydrogen (secondary N) is 1. The standard InChI is InChI=1S/C33H42F3N7O3/c1-3-45-30(44)25-19-32(20-38-25)12-15-42(16-13-32)27-18-28(40-31(37)39-27)46-29(33(34,35)36)24-10-9-23(22-7-5-4-6-8-22)17-26(24)43-14-11-21(2)41-43/h9-11,14,17-18,22,25,29,38H,3-8,12-13,15-16,19-20H2,1-2H3,(H2,37,39,40)/t25-,29+/m0/s1. The van der Waals surface area contributed by atoms with E-state index in [1.54, 1.807) is 32.2 Å². The van der Waals surface area contributed by atoms with Crippen LogP contribution >= 0.6 is 0 Å². The number of hydrogen-bond acceptors (Lipinski definition) is 9. The van der Waals surface area contributed by atoms with Crippen LogP contribution in [0.2, 0.25) is 0 Å². The molecule has 2 saturated heterocycles. The first kappa shape index (κ1) is 32.1. The molecule has 0 radical (unpaired) electrons. The van der Waals surface area contributed by atoms with Gasteiger partial charge in [0.25, 0.3) is 0 Å². The van der Waals surface area contributed by atoms with E-state index in [-0.39, 0.29) is 34.8 Å². The number of carbonyl (C=O) groups excluding carboxylic acids is 1. The maximum atomic E-state index is 14.8. The summed E-state index contributed by atoms with van der Waals surface area (Å²) in [5.74, 6) is 0.0400. The molecule has 3 fully saturated rings. The fraction of sp³-hybridized carbons (Fsp3) is 0.576. The highest BCUT2D eigenvalue weighted by Gasteiger charge is 2.46. The van der Waals surface area contributed by atoms with E-state index in [9.17, 15) is 18.0 Å². The van der Waals surface area contributed by atoms with Gasteiger partial charge in [-0.15, -0.1) is 0 Å². The van der Waals surface area contributed by atoms with Gasteiger partial charge < -0.3 is 25.4 Å². The van der Waals surface area contributed by atoms with Crippen molar-refractivity contribution in [2.75, 3.05) is 36.9 Å². The Morgan fingerprint density at radius 2 is 1.89 bits per heavy atom. The first-order valence-electron chi connectivity index (χ1n) is 16.2. The van der Waals surface area contributed by atoms with Crippen molar-refractivity contribution < 1.29 is 27.4 Å². The zero-order valence-electron chi connectivity index (χ0n) is 26.4. The van der Waals surface area contributed by atoms with E-state index in [2.05, 4.69) is 20.4 Å². The van der Waals surface area contributed by atoms with Crippen molar-refractivity contribution in [3.05, 3.63) is 53.3 Å². The van der Waals surface area contributed by atoms with Crippen molar-refractivity contribution >= 4 is 17.7 Å². The van der Waals surface area contributed by atoms with Gasteiger partial charge in [-0.25, -0.2) is 4.68 Å². The molecule has 2 atom stereocenters. The van der Waals surface area contributed by atoms with Gasteiger partial charge in [0.2, 0.25) is 17.9 Å². The largest absolute Gasteiger partial charge is 0.465 e. The third-order valence-corrected chi connectivity index (χ3v) is 9.70. The number of anilines is 2. The molecule has 10 nitrogen and oxygen atoms in total. The first-order chi connectivity index (χ1) is 22.0. The number of carbonyl (C=O) groups is 1. The molecule has 1 aromatic carbocycles. The molecule has 13 heteroatoms. The number of nitrogen functional groups attached to an aromatic ring is 1. The number of esters is 1. The van der Waals surface area contributed by atoms with Gasteiger partial charge in [-0.05, 0) is 75.0 Å². The molecule has 6 rings (SSSR count). The molecular formula is C33H42F3N7O3. The lowest BCUT2D eigenvalue weighted by molar-refractivity contribution is -0.198. The molecule has 4 heterocycles. The summed E-state index contributed by atoms with van der Waals surface area (Å²) in [5, 5.41) is 7.75. The Morgan fingerprint density at radius 1 is 1.13 bits per heavy atom. The summed E-state index contributed by atoms with van der Waals surface area (Å²) in [7, 11) is 0. The molecule has 3 aliphatic rings. The number of halogens is 3. The quantitative estimate of drug-likeness (QED) is 0.294. The first-order valence-corrected chi connectivity index (χ1v) is 16.2. The van der Waals surface area contributed by atoms with Crippen molar-refractivity contribution in [1.82, 2.24) is 25.1 Å². The lowest BCUT2D eigenvalue weighted by Crippen LogP contribution is -2.41. The van der Waals surface area contributed by atoms with Gasteiger partial charge in [0, 0.05) is 37.5 Å². The number of ether oxygens (including phenoxy) is 2. The topological polar surface area (TPSA) is 120 Å². The van der Waals surface area contributed by atoms with Crippen LogP contribution in [0.3, 0.4) is 0 Å². The van der Waals surface area contributed by atoms with Crippen molar-refractivity contribution in [3.63, 3.8) is 0 Å². The van der Waals surface area contributed by atoms with Gasteiger partial charge in [0.05, 0.1) is 18.0 Å². The summed E-state index contributed by atoms with van der Waals surface area (Å²) in [5.41, 5.74) is 7.94. The Bertz CT molecular complexity index is 1530. The molecule has 2 aromatic heterocycles. The highest BCUT2D eigenvalue weighted by molar-refractivity contribution is 5.76. The van der Waals surface area contributed by atoms with Gasteiger partial charge in [-0.3, -0.25) is 4.79 Å². The summed E-state index contributed by atoms with van der Waals surface area (Å²) in [6.45, 7) is 5.82. The van der Waals surface area contributed by atoms with E-state index in [4.69, 9.17) is 15.2 Å². The van der Waals surface area contributed by atoms with Crippen molar-refractivity contribution in [2.45, 2.75) is 89.5 Å². The molecule has 3 aromatic rings. The van der Waals surface area contributed by atoms with Gasteiger partial charge in [-0.2, -0.15) is 28.2 Å². The zero-order valence-corrected chi connectivity index (χ0v) is 26.4. The number of benzene rings is 1. The number of aryl methyl sites for hydroxylation is 1. The molecule has 0 amide bonds. The van der Waals surface area contributed by atoms with Crippen LogP contribution in [-0.4, -0.2) is 64.2 Å². The Balaban J connectivity index is 1.24. The van der Waals surface area contributed by atoms with Crippen molar-refractivity contribution in [2.24, 2.45) is 5.41 Å². The van der Waals surface area contributed by atoms with Crippen LogP contribution in [-0.2, 0) is 9.53 Å². The number of nitrogens with two attached hydrogens (primary N) is 1. The predicted octanol–water partition coefficient (Wildman–Crippen LogP) is 5.79. The molecule has 0 unspecified atom stereocenters. The van der Waals surface area contributed by atoms with E-state index >= 15 is 0 Å². The molecule has 3 N–H and O–H groups in total. The van der Waals surface area contributed by atoms with Crippen molar-refractivity contribution in [3.8, 4) is 11.6 Å². The summed E-state index contributed by atoms with van der Waals surface area (Å²) in [4.78, 5) is 22.6. The van der Waals surface area contributed by atoms with Crippen LogP contribution in [0.5, 0.6) is 5.88 Å². The predicted molar refractivity (Wildman–Crippen MR) is 167 cm³/mol. The van der Waals surface area contributed by atoms with E-state index in [0.717, 1.165) is 44.1 Å². The van der Waals surface area contributed by atoms with Crippen LogP contribution in [0.1, 0.15) is 87.1 Å². The maximum Gasteiger partial charge on any atom is 0.429 e. The highest BCUT2D eigenvalue weighted by atomic mass is 19.4. The Kier molecular flexibility index (Phi) is 9.13. The lowest BCUT2D eigenvalue weighted by atomic mass is 9.76. The molecule has 2 aliphatic heterocycles. The molecule has 248 valence electrons. The molecule has 1 saturated carbocycles. The van der Waals surface area contributed by atoms with E-state index < -0.39 is 12.3 Å². The molecule has 1 aliphatic carbocycles. The average Bonchev–Trinajstić information content (AvgIpc) is 3.66. The summed E-state index contributed by atoms with van der Waals surface area (Å²) >= 11 is 0. The molecule has 46 heavy (non-hydrogen) atoms. The highest BCUT2D eigenvalue weighted by Crippen LogP contribution is 2.43. The van der Waals surface area contributed by atoms with Crippen molar-refractivity contribution in [1.29, 1.82) is 0 Å². The SMILES string of the molecule is CCOC(=O)[C@@H]1CC2(CCN(c3cc(O[C@H](c4ccc(C5CCCCC5)cc4-n4ccc(C)n4)C(F)(F)F)nc(N)n3)CC2)CN1. The number of hydrogen-bond donors (Lipinski definition) is 2. The normalized spacial score (nSPS) is 21.0. The van der Waals surface area contributed by atoms with Gasteiger partial charge in [0.1, 0.15) is 11.9 Å². The Morgan fingerprint density at radius 3 is 2.57 bits per heavy atom. The number of aromatic nitrogens is 4. The minimum atomic E-state index is -4.76. The molecule has 1 spiro atoms. The second-order valence-corrected chi connectivity index (χ2v) is 12.9. The molecule has 0 bridgehead atoms. The number of piperidine rings is 1. The second kappa shape index (κ2) is 13.1. The summed E-state index contributed by atoms with van der Waals surface area (Å²) in [6.07, 6.45) is 2.26. The number of alkyl halides is 3.